The monoisotopic (exact) mass is 298 g/mol. The Balaban J connectivity index is 1.81. The minimum atomic E-state index is 0.441. The van der Waals surface area contributed by atoms with E-state index in [1.165, 1.54) is 6.33 Å². The molecule has 0 saturated carbocycles. The first-order chi connectivity index (χ1) is 10.5. The Labute approximate surface area is 127 Å². The van der Waals surface area contributed by atoms with Crippen LogP contribution in [0.15, 0.2) is 12.4 Å². The van der Waals surface area contributed by atoms with E-state index in [-0.39, 0.29) is 0 Å². The number of anilines is 2. The minimum Gasteiger partial charge on any atom is -0.383 e. The summed E-state index contributed by atoms with van der Waals surface area (Å²) in [7, 11) is 1.86. The molecule has 0 amide bonds. The lowest BCUT2D eigenvalue weighted by Crippen LogP contribution is -2.12. The molecular formula is C14H18N8. The second-order valence-electron chi connectivity index (χ2n) is 5.19. The number of hydrogen-bond donors (Lipinski definition) is 2. The maximum Gasteiger partial charge on any atom is 0.226 e. The van der Waals surface area contributed by atoms with Gasteiger partial charge in [-0.2, -0.15) is 15.1 Å². The predicted octanol–water partition coefficient (Wildman–Crippen LogP) is 1.01. The maximum absolute atomic E-state index is 6.04. The minimum absolute atomic E-state index is 0.441. The Morgan fingerprint density at radius 2 is 2.05 bits per heavy atom. The molecule has 114 valence electrons. The molecule has 3 N–H and O–H groups in total. The topological polar surface area (TPSA) is 107 Å². The van der Waals surface area contributed by atoms with Crippen LogP contribution >= 0.6 is 0 Å². The Morgan fingerprint density at radius 1 is 1.23 bits per heavy atom. The number of fused-ring (bicyclic) bond motifs is 1. The van der Waals surface area contributed by atoms with E-state index in [1.54, 1.807) is 4.68 Å². The fraction of sp³-hybridized carbons (Fsp3) is 0.357. The third-order valence-corrected chi connectivity index (χ3v) is 3.46. The average molecular weight is 298 g/mol. The molecule has 0 aliphatic carbocycles. The van der Waals surface area contributed by atoms with Crippen molar-refractivity contribution < 1.29 is 0 Å². The Bertz CT molecular complexity index is 823. The zero-order valence-corrected chi connectivity index (χ0v) is 12.8. The second-order valence-corrected chi connectivity index (χ2v) is 5.19. The van der Waals surface area contributed by atoms with Crippen molar-refractivity contribution in [2.45, 2.75) is 20.3 Å². The lowest BCUT2D eigenvalue weighted by atomic mass is 10.1. The van der Waals surface area contributed by atoms with Gasteiger partial charge in [0.2, 0.25) is 5.95 Å². The van der Waals surface area contributed by atoms with Crippen molar-refractivity contribution in [2.24, 2.45) is 7.05 Å². The largest absolute Gasteiger partial charge is 0.383 e. The molecule has 0 unspecified atom stereocenters. The van der Waals surface area contributed by atoms with E-state index < -0.39 is 0 Å². The van der Waals surface area contributed by atoms with Crippen LogP contribution < -0.4 is 11.1 Å². The molecule has 0 fully saturated rings. The van der Waals surface area contributed by atoms with Gasteiger partial charge in [-0.15, -0.1) is 0 Å². The van der Waals surface area contributed by atoms with Crippen LogP contribution in [0.3, 0.4) is 0 Å². The number of nitrogen functional groups attached to an aromatic ring is 1. The maximum atomic E-state index is 6.04. The second kappa shape index (κ2) is 5.55. The van der Waals surface area contributed by atoms with Gasteiger partial charge in [-0.3, -0.25) is 4.68 Å². The van der Waals surface area contributed by atoms with Gasteiger partial charge in [-0.05, 0) is 25.5 Å². The van der Waals surface area contributed by atoms with E-state index >= 15 is 0 Å². The van der Waals surface area contributed by atoms with Gasteiger partial charge in [-0.1, -0.05) is 0 Å². The van der Waals surface area contributed by atoms with Gasteiger partial charge < -0.3 is 11.1 Å². The van der Waals surface area contributed by atoms with Gasteiger partial charge in [0.1, 0.15) is 18.0 Å². The highest BCUT2D eigenvalue weighted by Gasteiger charge is 2.10. The lowest BCUT2D eigenvalue weighted by Gasteiger charge is -2.09. The summed E-state index contributed by atoms with van der Waals surface area (Å²) in [5, 5.41) is 8.00. The van der Waals surface area contributed by atoms with Crippen molar-refractivity contribution in [2.75, 3.05) is 17.6 Å². The molecule has 0 saturated heterocycles. The quantitative estimate of drug-likeness (QED) is 0.740. The Kier molecular flexibility index (Phi) is 3.58. The molecule has 8 nitrogen and oxygen atoms in total. The predicted molar refractivity (Wildman–Crippen MR) is 84.4 cm³/mol. The normalized spacial score (nSPS) is 11.0. The number of aromatic nitrogens is 6. The van der Waals surface area contributed by atoms with Crippen molar-refractivity contribution in [3.63, 3.8) is 0 Å². The first-order valence-electron chi connectivity index (χ1n) is 7.03. The number of nitrogens with one attached hydrogen (secondary N) is 1. The highest BCUT2D eigenvalue weighted by Crippen LogP contribution is 2.22. The van der Waals surface area contributed by atoms with Crippen LogP contribution in [0.1, 0.15) is 17.1 Å². The number of aryl methyl sites for hydroxylation is 3. The molecule has 0 spiro atoms. The number of pyridine rings is 1. The van der Waals surface area contributed by atoms with E-state index in [0.29, 0.717) is 24.0 Å². The summed E-state index contributed by atoms with van der Waals surface area (Å²) in [6.45, 7) is 4.56. The smallest absolute Gasteiger partial charge is 0.226 e. The standard InChI is InChI=1S/C14H18N8/c1-8-6-9(2)19-13-11(8)12(15)20-14(21-13)16-5-4-10-17-7-18-22(10)3/h6-7H,4-5H2,1-3H3,(H3,15,16,19,20,21). The summed E-state index contributed by atoms with van der Waals surface area (Å²) in [6, 6.07) is 1.98. The van der Waals surface area contributed by atoms with Gasteiger partial charge in [0.05, 0.1) is 5.39 Å². The number of nitrogens with zero attached hydrogens (tertiary/aromatic N) is 6. The van der Waals surface area contributed by atoms with E-state index in [0.717, 1.165) is 28.9 Å². The fourth-order valence-electron chi connectivity index (χ4n) is 2.42. The summed E-state index contributed by atoms with van der Waals surface area (Å²) < 4.78 is 1.74. The molecule has 8 heteroatoms. The molecule has 0 aliphatic rings. The molecule has 0 atom stereocenters. The zero-order chi connectivity index (χ0) is 15.7. The van der Waals surface area contributed by atoms with Crippen molar-refractivity contribution in [3.8, 4) is 0 Å². The first-order valence-corrected chi connectivity index (χ1v) is 7.03. The van der Waals surface area contributed by atoms with Gasteiger partial charge in [0.15, 0.2) is 5.65 Å². The van der Waals surface area contributed by atoms with Crippen molar-refractivity contribution >= 4 is 22.8 Å². The first kappa shape index (κ1) is 14.2. The Hall–Kier alpha value is -2.77. The lowest BCUT2D eigenvalue weighted by molar-refractivity contribution is 0.701. The number of hydrogen-bond acceptors (Lipinski definition) is 7. The molecule has 0 aromatic carbocycles. The molecule has 0 bridgehead atoms. The molecule has 3 aromatic rings. The van der Waals surface area contributed by atoms with Crippen LogP contribution in [0.5, 0.6) is 0 Å². The van der Waals surface area contributed by atoms with E-state index in [4.69, 9.17) is 5.73 Å². The summed E-state index contributed by atoms with van der Waals surface area (Å²) in [5.74, 6) is 1.81. The molecule has 22 heavy (non-hydrogen) atoms. The van der Waals surface area contributed by atoms with Crippen LogP contribution in [0.25, 0.3) is 11.0 Å². The summed E-state index contributed by atoms with van der Waals surface area (Å²) in [5.41, 5.74) is 8.60. The summed E-state index contributed by atoms with van der Waals surface area (Å²) in [4.78, 5) is 17.4. The highest BCUT2D eigenvalue weighted by atomic mass is 15.3. The van der Waals surface area contributed by atoms with Crippen LogP contribution in [0.4, 0.5) is 11.8 Å². The van der Waals surface area contributed by atoms with Crippen LogP contribution in [-0.2, 0) is 13.5 Å². The molecule has 0 aliphatic heterocycles. The van der Waals surface area contributed by atoms with Gasteiger partial charge in [0.25, 0.3) is 0 Å². The zero-order valence-electron chi connectivity index (χ0n) is 12.8. The highest BCUT2D eigenvalue weighted by molar-refractivity contribution is 5.89. The van der Waals surface area contributed by atoms with Crippen LogP contribution in [-0.4, -0.2) is 36.3 Å². The fourth-order valence-corrected chi connectivity index (χ4v) is 2.42. The van der Waals surface area contributed by atoms with E-state index in [9.17, 15) is 0 Å². The van der Waals surface area contributed by atoms with Crippen molar-refractivity contribution in [1.82, 2.24) is 29.7 Å². The van der Waals surface area contributed by atoms with Crippen molar-refractivity contribution in [1.29, 1.82) is 0 Å². The molecule has 3 heterocycles. The van der Waals surface area contributed by atoms with Gasteiger partial charge in [0, 0.05) is 25.7 Å². The molecule has 3 aromatic heterocycles. The third-order valence-electron chi connectivity index (χ3n) is 3.46. The third kappa shape index (κ3) is 2.67. The van der Waals surface area contributed by atoms with E-state index in [1.807, 2.05) is 27.0 Å². The summed E-state index contributed by atoms with van der Waals surface area (Å²) in [6.07, 6.45) is 2.26. The van der Waals surface area contributed by atoms with Gasteiger partial charge in [-0.25, -0.2) is 9.97 Å². The van der Waals surface area contributed by atoms with Crippen molar-refractivity contribution in [3.05, 3.63) is 29.5 Å². The van der Waals surface area contributed by atoms with Gasteiger partial charge >= 0.3 is 0 Å². The van der Waals surface area contributed by atoms with E-state index in [2.05, 4.69) is 30.4 Å². The average Bonchev–Trinajstić information content (AvgIpc) is 2.83. The molecular weight excluding hydrogens is 280 g/mol. The molecule has 3 rings (SSSR count). The summed E-state index contributed by atoms with van der Waals surface area (Å²) >= 11 is 0. The SMILES string of the molecule is Cc1cc(C)c2c(N)nc(NCCc3ncnn3C)nc2n1. The molecule has 0 radical (unpaired) electrons. The van der Waals surface area contributed by atoms with Crippen LogP contribution in [0.2, 0.25) is 0 Å². The number of nitrogens with two attached hydrogens (primary N) is 1. The van der Waals surface area contributed by atoms with Crippen LogP contribution in [0, 0.1) is 13.8 Å². The Morgan fingerprint density at radius 3 is 2.77 bits per heavy atom. The number of rotatable bonds is 4.